The lowest BCUT2D eigenvalue weighted by atomic mass is 10.1. The molecule has 0 spiro atoms. The molecule has 0 aliphatic heterocycles. The molecule has 7 nitrogen and oxygen atoms in total. The summed E-state index contributed by atoms with van der Waals surface area (Å²) >= 11 is 1.30. The van der Waals surface area contributed by atoms with Crippen molar-refractivity contribution < 1.29 is 23.0 Å². The van der Waals surface area contributed by atoms with Gasteiger partial charge in [-0.1, -0.05) is 12.1 Å². The highest BCUT2D eigenvalue weighted by Gasteiger charge is 2.14. The van der Waals surface area contributed by atoms with E-state index in [2.05, 4.69) is 15.0 Å². The number of nitrogens with one attached hydrogen (secondary N) is 1. The molecule has 10 heteroatoms. The molecule has 0 aliphatic carbocycles. The van der Waals surface area contributed by atoms with Gasteiger partial charge in [0.1, 0.15) is 12.4 Å². The van der Waals surface area contributed by atoms with Crippen LogP contribution in [0.3, 0.4) is 0 Å². The zero-order chi connectivity index (χ0) is 21.8. The Morgan fingerprint density at radius 3 is 2.71 bits per heavy atom. The SMILES string of the molecule is O=C(OCc1cc(=O)n2ccsc2n1)c1ccccc1Nc1ccc(OC(F)F)cc1. The third-order valence-electron chi connectivity index (χ3n) is 4.21. The minimum Gasteiger partial charge on any atom is -0.456 e. The number of hydrogen-bond donors (Lipinski definition) is 1. The van der Waals surface area contributed by atoms with E-state index in [9.17, 15) is 18.4 Å². The Labute approximate surface area is 178 Å². The number of carbonyl (C=O) groups excluding carboxylic acids is 1. The normalized spacial score (nSPS) is 10.9. The van der Waals surface area contributed by atoms with Gasteiger partial charge in [-0.3, -0.25) is 9.20 Å². The number of benzene rings is 2. The minimum absolute atomic E-state index is 0.0272. The number of nitrogens with zero attached hydrogens (tertiary/aromatic N) is 2. The summed E-state index contributed by atoms with van der Waals surface area (Å²) in [6.07, 6.45) is 1.62. The quantitative estimate of drug-likeness (QED) is 0.425. The standard InChI is InChI=1S/C21H15F2N3O4S/c22-20(23)30-15-7-5-13(6-8-15)24-17-4-2-1-3-16(17)19(28)29-12-14-11-18(27)26-9-10-31-21(26)25-14/h1-11,20,24H,12H2. The molecule has 0 unspecified atom stereocenters. The first-order chi connectivity index (χ1) is 15.0. The van der Waals surface area contributed by atoms with Crippen LogP contribution in [-0.4, -0.2) is 22.0 Å². The predicted octanol–water partition coefficient (Wildman–Crippen LogP) is 4.46. The highest BCUT2D eigenvalue weighted by atomic mass is 32.1. The number of carbonyl (C=O) groups is 1. The molecule has 0 fully saturated rings. The average Bonchev–Trinajstić information content (AvgIpc) is 3.23. The number of esters is 1. The fraction of sp³-hybridized carbons (Fsp3) is 0.0952. The summed E-state index contributed by atoms with van der Waals surface area (Å²) in [5.41, 5.74) is 1.40. The van der Waals surface area contributed by atoms with Crippen molar-refractivity contribution in [1.29, 1.82) is 0 Å². The van der Waals surface area contributed by atoms with Crippen molar-refractivity contribution in [2.24, 2.45) is 0 Å². The zero-order valence-electron chi connectivity index (χ0n) is 15.8. The Bertz CT molecular complexity index is 1270. The molecule has 4 rings (SSSR count). The van der Waals surface area contributed by atoms with Crippen molar-refractivity contribution >= 4 is 33.6 Å². The number of rotatable bonds is 7. The van der Waals surface area contributed by atoms with Gasteiger partial charge in [-0.2, -0.15) is 8.78 Å². The van der Waals surface area contributed by atoms with Crippen molar-refractivity contribution in [2.45, 2.75) is 13.2 Å². The highest BCUT2D eigenvalue weighted by Crippen LogP contribution is 2.24. The molecule has 158 valence electrons. The first-order valence-electron chi connectivity index (χ1n) is 9.03. The minimum atomic E-state index is -2.90. The molecule has 2 heterocycles. The Morgan fingerprint density at radius 2 is 1.94 bits per heavy atom. The maximum absolute atomic E-state index is 12.6. The Kier molecular flexibility index (Phi) is 5.89. The fourth-order valence-corrected chi connectivity index (χ4v) is 3.56. The monoisotopic (exact) mass is 443 g/mol. The second-order valence-electron chi connectivity index (χ2n) is 6.29. The number of halogens is 2. The second kappa shape index (κ2) is 8.92. The first-order valence-corrected chi connectivity index (χ1v) is 9.91. The van der Waals surface area contributed by atoms with Crippen molar-refractivity contribution in [2.75, 3.05) is 5.32 Å². The molecule has 0 aliphatic rings. The molecule has 2 aromatic heterocycles. The summed E-state index contributed by atoms with van der Waals surface area (Å²) in [5, 5.41) is 4.79. The van der Waals surface area contributed by atoms with Crippen LogP contribution < -0.4 is 15.6 Å². The molecule has 0 atom stereocenters. The van der Waals surface area contributed by atoms with Crippen LogP contribution in [0.2, 0.25) is 0 Å². The predicted molar refractivity (Wildman–Crippen MR) is 111 cm³/mol. The Morgan fingerprint density at radius 1 is 1.16 bits per heavy atom. The Hall–Kier alpha value is -3.79. The van der Waals surface area contributed by atoms with Crippen LogP contribution in [0, 0.1) is 0 Å². The van der Waals surface area contributed by atoms with E-state index in [-0.39, 0.29) is 23.5 Å². The van der Waals surface area contributed by atoms with E-state index in [1.165, 1.54) is 33.9 Å². The van der Waals surface area contributed by atoms with Gasteiger partial charge in [0, 0.05) is 23.3 Å². The molecule has 0 bridgehead atoms. The van der Waals surface area contributed by atoms with Crippen molar-refractivity contribution in [3.05, 3.63) is 87.8 Å². The highest BCUT2D eigenvalue weighted by molar-refractivity contribution is 7.15. The summed E-state index contributed by atoms with van der Waals surface area (Å²) in [5.74, 6) is -0.576. The number of anilines is 2. The summed E-state index contributed by atoms with van der Waals surface area (Å²) in [4.78, 5) is 29.5. The van der Waals surface area contributed by atoms with Crippen LogP contribution in [0.4, 0.5) is 20.2 Å². The number of thiazole rings is 1. The molecule has 4 aromatic rings. The first kappa shape index (κ1) is 20.5. The number of fused-ring (bicyclic) bond motifs is 1. The number of alkyl halides is 2. The lowest BCUT2D eigenvalue weighted by Crippen LogP contribution is -2.15. The van der Waals surface area contributed by atoms with Gasteiger partial charge in [-0.15, -0.1) is 11.3 Å². The molecule has 0 amide bonds. The largest absolute Gasteiger partial charge is 0.456 e. The molecular formula is C21H15F2N3O4S. The van der Waals surface area contributed by atoms with E-state index in [1.54, 1.807) is 48.0 Å². The van der Waals surface area contributed by atoms with Crippen LogP contribution in [0.1, 0.15) is 16.1 Å². The van der Waals surface area contributed by atoms with Crippen LogP contribution in [0.5, 0.6) is 5.75 Å². The summed E-state index contributed by atoms with van der Waals surface area (Å²) < 4.78 is 35.6. The third-order valence-corrected chi connectivity index (χ3v) is 4.97. The summed E-state index contributed by atoms with van der Waals surface area (Å²) in [7, 11) is 0. The van der Waals surface area contributed by atoms with Gasteiger partial charge in [-0.25, -0.2) is 9.78 Å². The molecular weight excluding hydrogens is 428 g/mol. The maximum Gasteiger partial charge on any atom is 0.387 e. The van der Waals surface area contributed by atoms with Crippen LogP contribution >= 0.6 is 11.3 Å². The van der Waals surface area contributed by atoms with Crippen LogP contribution in [-0.2, 0) is 11.3 Å². The third kappa shape index (κ3) is 4.86. The van der Waals surface area contributed by atoms with E-state index >= 15 is 0 Å². The van der Waals surface area contributed by atoms with E-state index in [4.69, 9.17) is 4.74 Å². The van der Waals surface area contributed by atoms with E-state index in [1.807, 2.05) is 0 Å². The molecule has 31 heavy (non-hydrogen) atoms. The van der Waals surface area contributed by atoms with Gasteiger partial charge in [0.05, 0.1) is 16.9 Å². The van der Waals surface area contributed by atoms with E-state index in [0.29, 0.717) is 22.0 Å². The molecule has 1 N–H and O–H groups in total. The van der Waals surface area contributed by atoms with Crippen LogP contribution in [0.25, 0.3) is 4.96 Å². The maximum atomic E-state index is 12.6. The van der Waals surface area contributed by atoms with Gasteiger partial charge in [0.2, 0.25) is 0 Å². The van der Waals surface area contributed by atoms with Gasteiger partial charge in [-0.05, 0) is 36.4 Å². The number of para-hydroxylation sites is 1. The second-order valence-corrected chi connectivity index (χ2v) is 7.16. The van der Waals surface area contributed by atoms with Gasteiger partial charge in [0.15, 0.2) is 4.96 Å². The number of ether oxygens (including phenoxy) is 2. The van der Waals surface area contributed by atoms with E-state index < -0.39 is 12.6 Å². The topological polar surface area (TPSA) is 81.9 Å². The molecule has 2 aromatic carbocycles. The van der Waals surface area contributed by atoms with Crippen molar-refractivity contribution in [3.63, 3.8) is 0 Å². The number of aromatic nitrogens is 2. The summed E-state index contributed by atoms with van der Waals surface area (Å²) in [6, 6.07) is 13.9. The lowest BCUT2D eigenvalue weighted by molar-refractivity contribution is -0.0498. The summed E-state index contributed by atoms with van der Waals surface area (Å²) in [6.45, 7) is -3.06. The Balaban J connectivity index is 1.47. The fourth-order valence-electron chi connectivity index (χ4n) is 2.82. The van der Waals surface area contributed by atoms with Gasteiger partial charge < -0.3 is 14.8 Å². The molecule has 0 saturated carbocycles. The van der Waals surface area contributed by atoms with Gasteiger partial charge >= 0.3 is 12.6 Å². The molecule has 0 radical (unpaired) electrons. The van der Waals surface area contributed by atoms with Crippen LogP contribution in [0.15, 0.2) is 71.0 Å². The average molecular weight is 443 g/mol. The van der Waals surface area contributed by atoms with Gasteiger partial charge in [0.25, 0.3) is 5.56 Å². The van der Waals surface area contributed by atoms with E-state index in [0.717, 1.165) is 0 Å². The van der Waals surface area contributed by atoms with Crippen molar-refractivity contribution in [1.82, 2.24) is 9.38 Å². The smallest absolute Gasteiger partial charge is 0.387 e. The lowest BCUT2D eigenvalue weighted by Gasteiger charge is -2.12. The number of hydrogen-bond acceptors (Lipinski definition) is 7. The molecule has 0 saturated heterocycles. The zero-order valence-corrected chi connectivity index (χ0v) is 16.6. The van der Waals surface area contributed by atoms with Crippen molar-refractivity contribution in [3.8, 4) is 5.75 Å².